The molecular weight excluding hydrogens is 493 g/mol. The highest BCUT2D eigenvalue weighted by Gasteiger charge is 2.44. The molecule has 3 atom stereocenters. The van der Waals surface area contributed by atoms with Crippen LogP contribution in [0.1, 0.15) is 60.3 Å². The predicted octanol–water partition coefficient (Wildman–Crippen LogP) is 1.51. The second-order valence-electron chi connectivity index (χ2n) is 10.1. The van der Waals surface area contributed by atoms with Crippen LogP contribution >= 0.6 is 0 Å². The topological polar surface area (TPSA) is 147 Å². The summed E-state index contributed by atoms with van der Waals surface area (Å²) in [5.74, 6) is -0.763. The van der Waals surface area contributed by atoms with Crippen LogP contribution in [0.15, 0.2) is 23.5 Å². The number of fused-ring (bicyclic) bond motifs is 3. The number of aliphatic hydroxyl groups is 1. The number of nitrogen functional groups attached to an aromatic ring is 1. The highest BCUT2D eigenvalue weighted by atomic mass is 19.1. The number of aryl methyl sites for hydroxylation is 1. The van der Waals surface area contributed by atoms with Gasteiger partial charge in [-0.1, -0.05) is 0 Å². The van der Waals surface area contributed by atoms with Crippen molar-refractivity contribution < 1.29 is 19.1 Å². The number of carbonyl (C=O) groups is 2. The van der Waals surface area contributed by atoms with E-state index in [9.17, 15) is 19.1 Å². The van der Waals surface area contributed by atoms with Crippen molar-refractivity contribution in [1.29, 1.82) is 0 Å². The first-order valence-electron chi connectivity index (χ1n) is 12.6. The van der Waals surface area contributed by atoms with Gasteiger partial charge < -0.3 is 20.6 Å². The van der Waals surface area contributed by atoms with E-state index in [1.807, 2.05) is 4.90 Å². The molecule has 3 aromatic heterocycles. The molecule has 3 aliphatic rings. The van der Waals surface area contributed by atoms with Crippen LogP contribution in [0.4, 0.5) is 15.9 Å². The third-order valence-corrected chi connectivity index (χ3v) is 7.74. The van der Waals surface area contributed by atoms with Crippen LogP contribution in [0.3, 0.4) is 0 Å². The number of piperidine rings is 1. The van der Waals surface area contributed by atoms with Gasteiger partial charge in [-0.05, 0) is 38.7 Å². The number of nitrogens with two attached hydrogens (primary N) is 1. The van der Waals surface area contributed by atoms with Crippen molar-refractivity contribution in [3.8, 4) is 0 Å². The quantitative estimate of drug-likeness (QED) is 0.480. The van der Waals surface area contributed by atoms with Gasteiger partial charge in [0.15, 0.2) is 17.2 Å². The fourth-order valence-corrected chi connectivity index (χ4v) is 6.14. The van der Waals surface area contributed by atoms with E-state index in [0.717, 1.165) is 12.8 Å². The second kappa shape index (κ2) is 9.01. The number of aliphatic hydroxyl groups excluding tert-OH is 1. The number of aliphatic imine (C=N–C) groups is 1. The lowest BCUT2D eigenvalue weighted by atomic mass is 9.85. The predicted molar refractivity (Wildman–Crippen MR) is 137 cm³/mol. The molecule has 0 radical (unpaired) electrons. The van der Waals surface area contributed by atoms with E-state index in [1.165, 1.54) is 22.3 Å². The number of amides is 1. The first-order chi connectivity index (χ1) is 18.3. The van der Waals surface area contributed by atoms with Gasteiger partial charge in [0.05, 0.1) is 35.7 Å². The minimum Gasteiger partial charge on any atom is -0.387 e. The van der Waals surface area contributed by atoms with Crippen molar-refractivity contribution in [2.45, 2.75) is 50.6 Å². The number of hydrogen-bond acceptors (Lipinski definition) is 9. The first kappa shape index (κ1) is 24.2. The van der Waals surface area contributed by atoms with Crippen molar-refractivity contribution in [3.63, 3.8) is 0 Å². The van der Waals surface area contributed by atoms with Gasteiger partial charge >= 0.3 is 0 Å². The van der Waals surface area contributed by atoms with E-state index < -0.39 is 12.4 Å². The summed E-state index contributed by atoms with van der Waals surface area (Å²) < 4.78 is 17.0. The molecule has 3 aliphatic heterocycles. The summed E-state index contributed by atoms with van der Waals surface area (Å²) >= 11 is 0. The number of nitrogens with zero attached hydrogens (tertiary/aromatic N) is 8. The van der Waals surface area contributed by atoms with Crippen LogP contribution in [0.2, 0.25) is 0 Å². The molecule has 2 saturated heterocycles. The minimum atomic E-state index is -0.507. The third kappa shape index (κ3) is 3.76. The Hall–Kier alpha value is -4.13. The van der Waals surface area contributed by atoms with Gasteiger partial charge in [0.1, 0.15) is 23.8 Å². The molecule has 2 bridgehead atoms. The Morgan fingerprint density at radius 3 is 2.55 bits per heavy atom. The van der Waals surface area contributed by atoms with Crippen molar-refractivity contribution >= 4 is 40.9 Å². The summed E-state index contributed by atoms with van der Waals surface area (Å²) in [5.41, 5.74) is 9.19. The zero-order valence-corrected chi connectivity index (χ0v) is 21.1. The number of aromatic nitrogens is 5. The lowest BCUT2D eigenvalue weighted by Crippen LogP contribution is -2.47. The fourth-order valence-electron chi connectivity index (χ4n) is 6.14. The van der Waals surface area contributed by atoms with E-state index in [0.29, 0.717) is 47.7 Å². The maximum absolute atomic E-state index is 14.2. The Labute approximate surface area is 217 Å². The van der Waals surface area contributed by atoms with Gasteiger partial charge in [0.25, 0.3) is 0 Å². The Balaban J connectivity index is 1.35. The number of anilines is 2. The lowest BCUT2D eigenvalue weighted by molar-refractivity contribution is -0.138. The molecule has 1 amide bonds. The highest BCUT2D eigenvalue weighted by molar-refractivity contribution is 6.01. The molecule has 3 aromatic rings. The second-order valence-corrected chi connectivity index (χ2v) is 10.1. The lowest BCUT2D eigenvalue weighted by Gasteiger charge is -2.39. The van der Waals surface area contributed by atoms with Gasteiger partial charge in [-0.25, -0.2) is 14.4 Å². The normalized spacial score (nSPS) is 22.8. The fraction of sp³-hybridized carbons (Fsp3) is 0.440. The molecular formula is C25H28FN9O3. The van der Waals surface area contributed by atoms with Crippen molar-refractivity contribution in [2.24, 2.45) is 12.0 Å². The molecule has 38 heavy (non-hydrogen) atoms. The number of hydrogen-bond donors (Lipinski definition) is 2. The molecule has 0 saturated carbocycles. The van der Waals surface area contributed by atoms with Crippen LogP contribution in [-0.4, -0.2) is 77.6 Å². The van der Waals surface area contributed by atoms with E-state index >= 15 is 0 Å². The SMILES string of the molecule is CC(=O)c1c([C@H]2C[C@H]3CC[C@@H](C2)N3C(=O)CO)nc2c(N3C=NC(c4nn(C)cc4F)=CC3)cnn2c1N. The van der Waals surface area contributed by atoms with Crippen LogP contribution in [-0.2, 0) is 11.8 Å². The molecule has 0 spiro atoms. The van der Waals surface area contributed by atoms with Gasteiger partial charge in [0, 0.05) is 31.6 Å². The average Bonchev–Trinajstić information content (AvgIpc) is 3.56. The maximum Gasteiger partial charge on any atom is 0.248 e. The molecule has 12 nitrogen and oxygen atoms in total. The Morgan fingerprint density at radius 2 is 1.97 bits per heavy atom. The average molecular weight is 522 g/mol. The molecule has 3 N–H and O–H groups in total. The number of rotatable bonds is 5. The summed E-state index contributed by atoms with van der Waals surface area (Å²) in [6.07, 6.45) is 9.25. The van der Waals surface area contributed by atoms with Crippen molar-refractivity contribution in [2.75, 3.05) is 23.8 Å². The summed E-state index contributed by atoms with van der Waals surface area (Å²) in [5, 5.41) is 18.0. The van der Waals surface area contributed by atoms with Gasteiger partial charge in [-0.15, -0.1) is 0 Å². The zero-order valence-electron chi connectivity index (χ0n) is 21.1. The zero-order chi connectivity index (χ0) is 26.7. The Kier molecular flexibility index (Phi) is 5.74. The van der Waals surface area contributed by atoms with Crippen molar-refractivity contribution in [3.05, 3.63) is 41.2 Å². The summed E-state index contributed by atoms with van der Waals surface area (Å²) in [6, 6.07) is -0.0155. The van der Waals surface area contributed by atoms with Crippen LogP contribution < -0.4 is 10.6 Å². The molecule has 0 aliphatic carbocycles. The van der Waals surface area contributed by atoms with E-state index in [2.05, 4.69) is 15.2 Å². The van der Waals surface area contributed by atoms with Crippen molar-refractivity contribution in [1.82, 2.24) is 29.3 Å². The molecule has 0 aromatic carbocycles. The van der Waals surface area contributed by atoms with Crippen LogP contribution in [0, 0.1) is 5.82 Å². The molecule has 6 heterocycles. The van der Waals surface area contributed by atoms with Gasteiger partial charge in [0.2, 0.25) is 5.91 Å². The molecule has 6 rings (SSSR count). The molecule has 0 unspecified atom stereocenters. The Bertz CT molecular complexity index is 1510. The minimum absolute atomic E-state index is 0.00776. The van der Waals surface area contributed by atoms with E-state index in [4.69, 9.17) is 10.7 Å². The third-order valence-electron chi connectivity index (χ3n) is 7.74. The summed E-state index contributed by atoms with van der Waals surface area (Å²) in [6.45, 7) is 1.34. The number of halogens is 1. The summed E-state index contributed by atoms with van der Waals surface area (Å²) in [4.78, 5) is 38.0. The Morgan fingerprint density at radius 1 is 1.24 bits per heavy atom. The molecule has 198 valence electrons. The largest absolute Gasteiger partial charge is 0.387 e. The first-order valence-corrected chi connectivity index (χ1v) is 12.6. The highest BCUT2D eigenvalue weighted by Crippen LogP contribution is 2.44. The maximum atomic E-state index is 14.2. The van der Waals surface area contributed by atoms with E-state index in [1.54, 1.807) is 30.6 Å². The van der Waals surface area contributed by atoms with E-state index in [-0.39, 0.29) is 41.2 Å². The van der Waals surface area contributed by atoms with Gasteiger partial charge in [-0.3, -0.25) is 14.3 Å². The van der Waals surface area contributed by atoms with Crippen LogP contribution in [0.25, 0.3) is 11.3 Å². The number of Topliss-reactive ketones (excluding diaryl/α,β-unsaturated/α-hetero) is 1. The summed E-state index contributed by atoms with van der Waals surface area (Å²) in [7, 11) is 1.65. The smallest absolute Gasteiger partial charge is 0.248 e. The number of ketones is 1. The molecule has 2 fully saturated rings. The van der Waals surface area contributed by atoms with Crippen LogP contribution in [0.5, 0.6) is 0 Å². The standard InChI is InChI=1S/C25H28FN9O3/c1-13(37)21-22(14-7-15-3-4-16(8-14)34(15)20(38)11-36)30-25-19(9-29-35(25)24(21)27)33-6-5-18(28-12-33)23-17(26)10-32(2)31-23/h5,9-10,12,14-16,36H,3-4,6-8,11,27H2,1-2H3/t14-,15+,16-. The molecule has 13 heteroatoms. The van der Waals surface area contributed by atoms with Gasteiger partial charge in [-0.2, -0.15) is 14.7 Å². The monoisotopic (exact) mass is 521 g/mol. The number of carbonyl (C=O) groups excluding carboxylic acids is 2.